The monoisotopic (exact) mass is 493 g/mol. The number of nitrogens with two attached hydrogens (primary N) is 1. The first-order valence-corrected chi connectivity index (χ1v) is 11.6. The van der Waals surface area contributed by atoms with E-state index < -0.39 is 23.7 Å². The van der Waals surface area contributed by atoms with E-state index in [0.29, 0.717) is 19.4 Å². The minimum Gasteiger partial charge on any atom is -0.496 e. The first-order valence-electron chi connectivity index (χ1n) is 11.6. The number of anilines is 2. The van der Waals surface area contributed by atoms with Gasteiger partial charge in [0.25, 0.3) is 0 Å². The van der Waals surface area contributed by atoms with Crippen LogP contribution >= 0.6 is 0 Å². The number of carboxylic acid groups (broad SMARTS) is 1. The van der Waals surface area contributed by atoms with Crippen molar-refractivity contribution in [1.29, 1.82) is 0 Å². The fourth-order valence-corrected chi connectivity index (χ4v) is 4.41. The van der Waals surface area contributed by atoms with Crippen LogP contribution in [0.5, 0.6) is 5.75 Å². The van der Waals surface area contributed by atoms with E-state index in [0.717, 1.165) is 22.4 Å². The maximum Gasteiger partial charge on any atom is 0.326 e. The van der Waals surface area contributed by atoms with Crippen molar-refractivity contribution in [1.82, 2.24) is 15.3 Å². The minimum atomic E-state index is -1.13. The summed E-state index contributed by atoms with van der Waals surface area (Å²) in [6.45, 7) is 0.719. The predicted octanol–water partition coefficient (Wildman–Crippen LogP) is 2.90. The van der Waals surface area contributed by atoms with Gasteiger partial charge >= 0.3 is 5.97 Å². The zero-order chi connectivity index (χ0) is 25.7. The Bertz CT molecular complexity index is 1240. The molecule has 188 valence electrons. The van der Waals surface area contributed by atoms with Crippen LogP contribution in [-0.4, -0.2) is 53.2 Å². The lowest BCUT2D eigenvalue weighted by Crippen LogP contribution is -2.49. The third-order valence-electron chi connectivity index (χ3n) is 6.32. The minimum absolute atomic E-state index is 0.0462. The number of nitrogens with one attached hydrogen (secondary N) is 1. The summed E-state index contributed by atoms with van der Waals surface area (Å²) >= 11 is 0. The average molecular weight is 494 g/mol. The van der Waals surface area contributed by atoms with E-state index in [1.54, 1.807) is 12.0 Å². The topological polar surface area (TPSA) is 131 Å². The molecule has 1 unspecified atom stereocenters. The maximum atomic E-state index is 14.4. The van der Waals surface area contributed by atoms with Crippen molar-refractivity contribution in [3.8, 4) is 16.9 Å². The molecule has 0 saturated carbocycles. The number of aromatic nitrogens is 2. The molecular weight excluding hydrogens is 465 g/mol. The highest BCUT2D eigenvalue weighted by Gasteiger charge is 2.31. The van der Waals surface area contributed by atoms with E-state index in [-0.39, 0.29) is 30.5 Å². The van der Waals surface area contributed by atoms with Gasteiger partial charge in [0.05, 0.1) is 13.0 Å². The molecule has 0 radical (unpaired) electrons. The molecule has 0 spiro atoms. The largest absolute Gasteiger partial charge is 0.496 e. The molecule has 4 N–H and O–H groups in total. The molecule has 1 aromatic heterocycles. The summed E-state index contributed by atoms with van der Waals surface area (Å²) in [7, 11) is 1.61. The average Bonchev–Trinajstić information content (AvgIpc) is 2.90. The lowest BCUT2D eigenvalue weighted by molar-refractivity contribution is -0.142. The van der Waals surface area contributed by atoms with E-state index >= 15 is 0 Å². The number of para-hydroxylation sites is 1. The quantitative estimate of drug-likeness (QED) is 0.437. The smallest absolute Gasteiger partial charge is 0.326 e. The van der Waals surface area contributed by atoms with E-state index in [1.165, 1.54) is 6.33 Å². The third-order valence-corrected chi connectivity index (χ3v) is 6.32. The molecule has 10 heteroatoms. The lowest BCUT2D eigenvalue weighted by Gasteiger charge is -2.33. The van der Waals surface area contributed by atoms with Gasteiger partial charge in [-0.3, -0.25) is 4.79 Å². The van der Waals surface area contributed by atoms with Crippen LogP contribution in [0.1, 0.15) is 18.4 Å². The molecule has 1 saturated heterocycles. The zero-order valence-corrected chi connectivity index (χ0v) is 19.9. The number of carbonyl (C=O) groups excluding carboxylic acids is 1. The van der Waals surface area contributed by atoms with Crippen molar-refractivity contribution >= 4 is 23.5 Å². The highest BCUT2D eigenvalue weighted by molar-refractivity contribution is 5.85. The molecule has 36 heavy (non-hydrogen) atoms. The summed E-state index contributed by atoms with van der Waals surface area (Å²) in [4.78, 5) is 34.2. The van der Waals surface area contributed by atoms with Gasteiger partial charge in [-0.1, -0.05) is 42.5 Å². The van der Waals surface area contributed by atoms with Crippen molar-refractivity contribution < 1.29 is 23.8 Å². The van der Waals surface area contributed by atoms with Crippen molar-refractivity contribution in [2.24, 2.45) is 5.92 Å². The molecular formula is C26H28FN5O4. The van der Waals surface area contributed by atoms with Crippen molar-refractivity contribution in [3.05, 3.63) is 66.2 Å². The van der Waals surface area contributed by atoms with E-state index in [4.69, 9.17) is 10.5 Å². The standard InChI is InChI=1S/C26H28FN5O4/c1-36-21-7-3-2-6-19(21)17-10-8-16(9-11-17)13-20(26(34)35)31-25(33)18-5-4-12-32(14-18)24-22(27)23(28)29-15-30-24/h2-3,6-11,15,18,20H,4-5,12-14H2,1H3,(H,31,33)(H,34,35)(H2,28,29,30)/t18?,20-/m0/s1. The molecule has 0 bridgehead atoms. The molecule has 3 aromatic rings. The number of piperidine rings is 1. The van der Waals surface area contributed by atoms with Crippen LogP contribution in [0, 0.1) is 11.7 Å². The Balaban J connectivity index is 1.42. The van der Waals surface area contributed by atoms with E-state index in [2.05, 4.69) is 15.3 Å². The predicted molar refractivity (Wildman–Crippen MR) is 133 cm³/mol. The van der Waals surface area contributed by atoms with Crippen LogP contribution in [0.3, 0.4) is 0 Å². The van der Waals surface area contributed by atoms with E-state index in [9.17, 15) is 19.1 Å². The zero-order valence-electron chi connectivity index (χ0n) is 19.9. The molecule has 1 fully saturated rings. The molecule has 4 rings (SSSR count). The van der Waals surface area contributed by atoms with Gasteiger partial charge in [0, 0.05) is 25.1 Å². The molecule has 1 amide bonds. The number of nitrogen functional groups attached to an aromatic ring is 1. The third kappa shape index (κ3) is 5.54. The first-order chi connectivity index (χ1) is 17.4. The number of halogens is 1. The summed E-state index contributed by atoms with van der Waals surface area (Å²) in [5, 5.41) is 12.4. The van der Waals surface area contributed by atoms with Gasteiger partial charge in [-0.2, -0.15) is 4.39 Å². The molecule has 2 aromatic carbocycles. The first kappa shape index (κ1) is 24.9. The van der Waals surface area contributed by atoms with Gasteiger partial charge in [-0.25, -0.2) is 14.8 Å². The van der Waals surface area contributed by atoms with Crippen molar-refractivity contribution in [2.45, 2.75) is 25.3 Å². The summed E-state index contributed by atoms with van der Waals surface area (Å²) in [5.41, 5.74) is 8.18. The van der Waals surface area contributed by atoms with Gasteiger partial charge in [0.15, 0.2) is 11.6 Å². The van der Waals surface area contributed by atoms with Crippen LogP contribution in [0.25, 0.3) is 11.1 Å². The van der Waals surface area contributed by atoms with Gasteiger partial charge in [0.1, 0.15) is 18.1 Å². The molecule has 2 heterocycles. The Morgan fingerprint density at radius 3 is 2.69 bits per heavy atom. The van der Waals surface area contributed by atoms with Crippen molar-refractivity contribution in [2.75, 3.05) is 30.8 Å². The number of aliphatic carboxylic acids is 1. The number of ether oxygens (including phenoxy) is 1. The second-order valence-corrected chi connectivity index (χ2v) is 8.68. The number of hydrogen-bond acceptors (Lipinski definition) is 7. The Labute approximate surface area is 208 Å². The number of amides is 1. The number of carboxylic acids is 1. The summed E-state index contributed by atoms with van der Waals surface area (Å²) in [6.07, 6.45) is 2.49. The van der Waals surface area contributed by atoms with Gasteiger partial charge < -0.3 is 25.8 Å². The van der Waals surface area contributed by atoms with Crippen LogP contribution < -0.4 is 20.7 Å². The van der Waals surface area contributed by atoms with Crippen molar-refractivity contribution in [3.63, 3.8) is 0 Å². The molecule has 9 nitrogen and oxygen atoms in total. The Hall–Kier alpha value is -4.21. The highest BCUT2D eigenvalue weighted by Crippen LogP contribution is 2.30. The molecule has 1 aliphatic rings. The van der Waals surface area contributed by atoms with Crippen LogP contribution in [-0.2, 0) is 16.0 Å². The lowest BCUT2D eigenvalue weighted by atomic mass is 9.95. The summed E-state index contributed by atoms with van der Waals surface area (Å²) in [5.74, 6) is -2.21. The maximum absolute atomic E-state index is 14.4. The molecule has 0 aliphatic carbocycles. The van der Waals surface area contributed by atoms with Gasteiger partial charge in [-0.15, -0.1) is 0 Å². The number of benzene rings is 2. The second kappa shape index (κ2) is 11.0. The molecule has 1 aliphatic heterocycles. The second-order valence-electron chi connectivity index (χ2n) is 8.68. The van der Waals surface area contributed by atoms with Gasteiger partial charge in [0.2, 0.25) is 11.7 Å². The van der Waals surface area contributed by atoms with E-state index in [1.807, 2.05) is 48.5 Å². The fraction of sp³-hybridized carbons (Fsp3) is 0.308. The van der Waals surface area contributed by atoms with Crippen LogP contribution in [0.4, 0.5) is 16.0 Å². The number of methoxy groups -OCH3 is 1. The molecule has 2 atom stereocenters. The Morgan fingerprint density at radius 1 is 1.22 bits per heavy atom. The number of nitrogens with zero attached hydrogens (tertiary/aromatic N) is 3. The normalized spacial score (nSPS) is 16.3. The Kier molecular flexibility index (Phi) is 7.62. The van der Waals surface area contributed by atoms with Crippen LogP contribution in [0.15, 0.2) is 54.9 Å². The summed E-state index contributed by atoms with van der Waals surface area (Å²) in [6, 6.07) is 14.0. The number of rotatable bonds is 8. The van der Waals surface area contributed by atoms with Gasteiger partial charge in [-0.05, 0) is 30.0 Å². The summed E-state index contributed by atoms with van der Waals surface area (Å²) < 4.78 is 19.8. The SMILES string of the molecule is COc1ccccc1-c1ccc(C[C@H](NC(=O)C2CCCN(c3ncnc(N)c3F)C2)C(=O)O)cc1. The Morgan fingerprint density at radius 2 is 1.97 bits per heavy atom. The number of hydrogen-bond donors (Lipinski definition) is 3. The fourth-order valence-electron chi connectivity index (χ4n) is 4.41. The number of carbonyl (C=O) groups is 2. The highest BCUT2D eigenvalue weighted by atomic mass is 19.1. The van der Waals surface area contributed by atoms with Crippen LogP contribution in [0.2, 0.25) is 0 Å².